The van der Waals surface area contributed by atoms with Gasteiger partial charge in [0.05, 0.1) is 0 Å². The summed E-state index contributed by atoms with van der Waals surface area (Å²) in [4.78, 5) is 2.62. The van der Waals surface area contributed by atoms with Gasteiger partial charge in [-0.2, -0.15) is 0 Å². The van der Waals surface area contributed by atoms with E-state index in [4.69, 9.17) is 17.3 Å². The van der Waals surface area contributed by atoms with Crippen LogP contribution < -0.4 is 5.73 Å². The van der Waals surface area contributed by atoms with Crippen LogP contribution in [0.15, 0.2) is 18.2 Å². The minimum absolute atomic E-state index is 0.728. The summed E-state index contributed by atoms with van der Waals surface area (Å²) in [7, 11) is 0. The van der Waals surface area contributed by atoms with Gasteiger partial charge >= 0.3 is 0 Å². The highest BCUT2D eigenvalue weighted by Gasteiger charge is 2.23. The van der Waals surface area contributed by atoms with Crippen LogP contribution in [0, 0.1) is 5.92 Å². The van der Waals surface area contributed by atoms with Gasteiger partial charge in [-0.3, -0.25) is 4.90 Å². The Morgan fingerprint density at radius 2 is 2.00 bits per heavy atom. The smallest absolute Gasteiger partial charge is 0.0452 e. The van der Waals surface area contributed by atoms with E-state index in [1.165, 1.54) is 37.7 Å². The molecule has 0 aliphatic heterocycles. The Morgan fingerprint density at radius 3 is 2.65 bits per heavy atom. The standard InChI is InChI=1S/C17H27ClN2/c1-13(2)9-10-20(16-5-3-4-6-16)12-14-11-15(19)7-8-17(14)18/h7-8,11,13,16H,3-6,9-10,12,19H2,1-2H3. The molecule has 112 valence electrons. The summed E-state index contributed by atoms with van der Waals surface area (Å²) in [5.41, 5.74) is 7.88. The third kappa shape index (κ3) is 4.39. The van der Waals surface area contributed by atoms with Crippen LogP contribution in [0.2, 0.25) is 5.02 Å². The molecule has 3 heteroatoms. The highest BCUT2D eigenvalue weighted by Crippen LogP contribution is 2.28. The monoisotopic (exact) mass is 294 g/mol. The van der Waals surface area contributed by atoms with Crippen molar-refractivity contribution in [3.05, 3.63) is 28.8 Å². The van der Waals surface area contributed by atoms with Crippen molar-refractivity contribution in [3.63, 3.8) is 0 Å². The van der Waals surface area contributed by atoms with Gasteiger partial charge in [0.15, 0.2) is 0 Å². The first kappa shape index (κ1) is 15.7. The fourth-order valence-corrected chi connectivity index (χ4v) is 3.20. The summed E-state index contributed by atoms with van der Waals surface area (Å²) < 4.78 is 0. The molecule has 1 aliphatic carbocycles. The van der Waals surface area contributed by atoms with Crippen LogP contribution in [0.4, 0.5) is 5.69 Å². The van der Waals surface area contributed by atoms with E-state index in [1.54, 1.807) is 0 Å². The number of halogens is 1. The van der Waals surface area contributed by atoms with E-state index in [0.717, 1.165) is 35.8 Å². The van der Waals surface area contributed by atoms with Crippen LogP contribution in [-0.2, 0) is 6.54 Å². The molecule has 0 aromatic heterocycles. The van der Waals surface area contributed by atoms with Gasteiger partial charge in [0, 0.05) is 23.3 Å². The van der Waals surface area contributed by atoms with E-state index in [-0.39, 0.29) is 0 Å². The molecule has 0 saturated heterocycles. The lowest BCUT2D eigenvalue weighted by Gasteiger charge is -2.30. The maximum absolute atomic E-state index is 6.33. The van der Waals surface area contributed by atoms with E-state index in [0.29, 0.717) is 0 Å². The highest BCUT2D eigenvalue weighted by atomic mass is 35.5. The predicted octanol–water partition coefficient (Wildman–Crippen LogP) is 4.71. The van der Waals surface area contributed by atoms with Crippen molar-refractivity contribution >= 4 is 17.3 Å². The van der Waals surface area contributed by atoms with Crippen molar-refractivity contribution < 1.29 is 0 Å². The van der Waals surface area contributed by atoms with Gasteiger partial charge in [0.2, 0.25) is 0 Å². The molecule has 1 fully saturated rings. The second-order valence-electron chi connectivity index (χ2n) is 6.44. The molecule has 0 unspecified atom stereocenters. The van der Waals surface area contributed by atoms with Gasteiger partial charge in [-0.25, -0.2) is 0 Å². The Balaban J connectivity index is 2.07. The van der Waals surface area contributed by atoms with Gasteiger partial charge in [-0.05, 0) is 55.5 Å². The minimum atomic E-state index is 0.728. The number of hydrogen-bond donors (Lipinski definition) is 1. The quantitative estimate of drug-likeness (QED) is 0.770. The summed E-state index contributed by atoms with van der Waals surface area (Å²) in [6, 6.07) is 6.55. The Labute approximate surface area is 128 Å². The lowest BCUT2D eigenvalue weighted by atomic mass is 10.1. The van der Waals surface area contributed by atoms with Gasteiger partial charge in [0.1, 0.15) is 0 Å². The third-order valence-electron chi connectivity index (χ3n) is 4.28. The van der Waals surface area contributed by atoms with E-state index in [2.05, 4.69) is 18.7 Å². The molecule has 0 amide bonds. The zero-order valence-corrected chi connectivity index (χ0v) is 13.5. The summed E-state index contributed by atoms with van der Waals surface area (Å²) >= 11 is 6.33. The first-order valence-corrected chi connectivity index (χ1v) is 8.22. The first-order chi connectivity index (χ1) is 9.56. The van der Waals surface area contributed by atoms with Gasteiger partial charge in [-0.15, -0.1) is 0 Å². The Hall–Kier alpha value is -0.730. The molecule has 1 aromatic carbocycles. The van der Waals surface area contributed by atoms with Crippen LogP contribution in [0.5, 0.6) is 0 Å². The van der Waals surface area contributed by atoms with E-state index in [1.807, 2.05) is 18.2 Å². The van der Waals surface area contributed by atoms with Crippen molar-refractivity contribution in [2.75, 3.05) is 12.3 Å². The molecule has 1 aliphatic rings. The molecule has 0 bridgehead atoms. The lowest BCUT2D eigenvalue weighted by Crippen LogP contribution is -2.34. The van der Waals surface area contributed by atoms with Crippen molar-refractivity contribution in [3.8, 4) is 0 Å². The van der Waals surface area contributed by atoms with Crippen LogP contribution in [0.25, 0.3) is 0 Å². The van der Waals surface area contributed by atoms with Crippen molar-refractivity contribution in [2.24, 2.45) is 5.92 Å². The summed E-state index contributed by atoms with van der Waals surface area (Å²) in [6.45, 7) is 6.68. The SMILES string of the molecule is CC(C)CCN(Cc1cc(N)ccc1Cl)C1CCCC1. The normalized spacial score (nSPS) is 16.4. The third-order valence-corrected chi connectivity index (χ3v) is 4.65. The number of nitrogens with zero attached hydrogens (tertiary/aromatic N) is 1. The zero-order chi connectivity index (χ0) is 14.5. The number of nitrogens with two attached hydrogens (primary N) is 1. The van der Waals surface area contributed by atoms with Crippen molar-refractivity contribution in [2.45, 2.75) is 58.5 Å². The topological polar surface area (TPSA) is 29.3 Å². The number of anilines is 1. The summed E-state index contributed by atoms with van der Waals surface area (Å²) in [6.07, 6.45) is 6.65. The molecule has 1 saturated carbocycles. The van der Waals surface area contributed by atoms with E-state index in [9.17, 15) is 0 Å². The maximum atomic E-state index is 6.33. The lowest BCUT2D eigenvalue weighted by molar-refractivity contribution is 0.179. The fourth-order valence-electron chi connectivity index (χ4n) is 3.02. The fraction of sp³-hybridized carbons (Fsp3) is 0.647. The summed E-state index contributed by atoms with van der Waals surface area (Å²) in [5, 5.41) is 0.840. The second-order valence-corrected chi connectivity index (χ2v) is 6.85. The van der Waals surface area contributed by atoms with E-state index >= 15 is 0 Å². The van der Waals surface area contributed by atoms with Crippen LogP contribution in [-0.4, -0.2) is 17.5 Å². The molecule has 0 heterocycles. The average Bonchev–Trinajstić information content (AvgIpc) is 2.92. The predicted molar refractivity (Wildman–Crippen MR) is 88.0 cm³/mol. The Morgan fingerprint density at radius 1 is 1.30 bits per heavy atom. The number of benzene rings is 1. The van der Waals surface area contributed by atoms with Crippen LogP contribution >= 0.6 is 11.6 Å². The molecule has 2 N–H and O–H groups in total. The van der Waals surface area contributed by atoms with E-state index < -0.39 is 0 Å². The molecular formula is C17H27ClN2. The second kappa shape index (κ2) is 7.33. The van der Waals surface area contributed by atoms with Crippen molar-refractivity contribution in [1.29, 1.82) is 0 Å². The average molecular weight is 295 g/mol. The summed E-state index contributed by atoms with van der Waals surface area (Å²) in [5.74, 6) is 0.746. The molecule has 2 rings (SSSR count). The zero-order valence-electron chi connectivity index (χ0n) is 12.7. The molecule has 0 radical (unpaired) electrons. The molecule has 2 nitrogen and oxygen atoms in total. The van der Waals surface area contributed by atoms with Gasteiger partial charge in [0.25, 0.3) is 0 Å². The van der Waals surface area contributed by atoms with Gasteiger partial charge in [-0.1, -0.05) is 38.3 Å². The number of rotatable bonds is 6. The molecule has 0 spiro atoms. The minimum Gasteiger partial charge on any atom is -0.399 e. The van der Waals surface area contributed by atoms with Crippen LogP contribution in [0.3, 0.4) is 0 Å². The Bertz CT molecular complexity index is 425. The number of nitrogen functional groups attached to an aromatic ring is 1. The Kier molecular flexibility index (Phi) is 5.74. The molecule has 20 heavy (non-hydrogen) atoms. The van der Waals surface area contributed by atoms with Crippen molar-refractivity contribution in [1.82, 2.24) is 4.90 Å². The van der Waals surface area contributed by atoms with Crippen LogP contribution in [0.1, 0.15) is 51.5 Å². The maximum Gasteiger partial charge on any atom is 0.0452 e. The number of hydrogen-bond acceptors (Lipinski definition) is 2. The molecular weight excluding hydrogens is 268 g/mol. The largest absolute Gasteiger partial charge is 0.399 e. The first-order valence-electron chi connectivity index (χ1n) is 7.84. The highest BCUT2D eigenvalue weighted by molar-refractivity contribution is 6.31. The van der Waals surface area contributed by atoms with Gasteiger partial charge < -0.3 is 5.73 Å². The molecule has 1 aromatic rings. The molecule has 0 atom stereocenters.